The number of nitrogens with zero attached hydrogens (tertiary/aromatic N) is 2. The molecule has 0 spiro atoms. The lowest BCUT2D eigenvalue weighted by Crippen LogP contribution is -2.12. The Hall–Kier alpha value is -3.38. The normalized spacial score (nSPS) is 11.2. The highest BCUT2D eigenvalue weighted by Gasteiger charge is 2.11. The van der Waals surface area contributed by atoms with E-state index in [1.54, 1.807) is 11.3 Å². The SMILES string of the molecule is O=C(Nc1cccc(-c2cn3ccsc3n2)c1)c1cc2ccccc2[nH]1. The van der Waals surface area contributed by atoms with Gasteiger partial charge in [0, 0.05) is 39.9 Å². The molecule has 0 bridgehead atoms. The van der Waals surface area contributed by atoms with Gasteiger partial charge in [-0.2, -0.15) is 0 Å². The van der Waals surface area contributed by atoms with Crippen LogP contribution in [0.1, 0.15) is 10.5 Å². The fourth-order valence-corrected chi connectivity index (χ4v) is 3.72. The number of H-pyrrole nitrogens is 1. The number of thiazole rings is 1. The summed E-state index contributed by atoms with van der Waals surface area (Å²) in [6, 6.07) is 17.4. The summed E-state index contributed by atoms with van der Waals surface area (Å²) < 4.78 is 2.00. The number of nitrogens with one attached hydrogen (secondary N) is 2. The Labute approximate surface area is 152 Å². The number of aromatic nitrogens is 3. The van der Waals surface area contributed by atoms with E-state index in [4.69, 9.17) is 0 Å². The molecule has 5 rings (SSSR count). The van der Waals surface area contributed by atoms with Crippen LogP contribution < -0.4 is 5.32 Å². The molecule has 0 radical (unpaired) electrons. The molecule has 126 valence electrons. The molecule has 0 atom stereocenters. The quantitative estimate of drug-likeness (QED) is 0.487. The smallest absolute Gasteiger partial charge is 0.272 e. The van der Waals surface area contributed by atoms with Crippen LogP contribution in [0, 0.1) is 0 Å². The van der Waals surface area contributed by atoms with Crippen molar-refractivity contribution >= 4 is 38.8 Å². The Balaban J connectivity index is 1.43. The van der Waals surface area contributed by atoms with Crippen LogP contribution in [0.4, 0.5) is 5.69 Å². The van der Waals surface area contributed by atoms with Gasteiger partial charge in [-0.15, -0.1) is 11.3 Å². The van der Waals surface area contributed by atoms with E-state index in [-0.39, 0.29) is 5.91 Å². The van der Waals surface area contributed by atoms with Crippen molar-refractivity contribution in [3.63, 3.8) is 0 Å². The first-order valence-corrected chi connectivity index (χ1v) is 9.06. The summed E-state index contributed by atoms with van der Waals surface area (Å²) in [5.74, 6) is -0.163. The van der Waals surface area contributed by atoms with Gasteiger partial charge in [0.05, 0.1) is 5.69 Å². The zero-order valence-corrected chi connectivity index (χ0v) is 14.5. The number of amides is 1. The summed E-state index contributed by atoms with van der Waals surface area (Å²) in [6.45, 7) is 0. The average Bonchev–Trinajstić information content (AvgIpc) is 3.35. The molecule has 0 fully saturated rings. The van der Waals surface area contributed by atoms with Crippen molar-refractivity contribution < 1.29 is 4.79 Å². The second-order valence-corrected chi connectivity index (χ2v) is 6.90. The van der Waals surface area contributed by atoms with Crippen molar-refractivity contribution in [2.45, 2.75) is 0 Å². The third-order valence-corrected chi connectivity index (χ3v) is 5.05. The summed E-state index contributed by atoms with van der Waals surface area (Å²) in [5, 5.41) is 5.98. The van der Waals surface area contributed by atoms with Gasteiger partial charge >= 0.3 is 0 Å². The van der Waals surface area contributed by atoms with Crippen LogP contribution in [-0.4, -0.2) is 20.3 Å². The molecule has 5 nitrogen and oxygen atoms in total. The van der Waals surface area contributed by atoms with Gasteiger partial charge in [-0.25, -0.2) is 4.98 Å². The van der Waals surface area contributed by atoms with Crippen molar-refractivity contribution in [2.75, 3.05) is 5.32 Å². The van der Waals surface area contributed by atoms with Crippen molar-refractivity contribution in [1.29, 1.82) is 0 Å². The average molecular weight is 358 g/mol. The number of imidazole rings is 1. The number of para-hydroxylation sites is 1. The molecule has 0 aliphatic heterocycles. The van der Waals surface area contributed by atoms with Crippen molar-refractivity contribution in [3.8, 4) is 11.3 Å². The number of carbonyl (C=O) groups is 1. The monoisotopic (exact) mass is 358 g/mol. The lowest BCUT2D eigenvalue weighted by molar-refractivity contribution is 0.102. The molecule has 1 amide bonds. The van der Waals surface area contributed by atoms with Crippen LogP contribution in [-0.2, 0) is 0 Å². The zero-order valence-electron chi connectivity index (χ0n) is 13.6. The molecule has 0 saturated heterocycles. The molecule has 6 heteroatoms. The van der Waals surface area contributed by atoms with Crippen LogP contribution >= 0.6 is 11.3 Å². The van der Waals surface area contributed by atoms with Gasteiger partial charge in [-0.3, -0.25) is 9.20 Å². The molecule has 0 aliphatic carbocycles. The Bertz CT molecular complexity index is 1190. The third-order valence-electron chi connectivity index (χ3n) is 4.28. The minimum Gasteiger partial charge on any atom is -0.351 e. The first-order valence-electron chi connectivity index (χ1n) is 8.18. The van der Waals surface area contributed by atoms with Crippen LogP contribution in [0.5, 0.6) is 0 Å². The van der Waals surface area contributed by atoms with E-state index in [9.17, 15) is 4.79 Å². The number of rotatable bonds is 3. The number of anilines is 1. The second kappa shape index (κ2) is 5.86. The molecule has 0 saturated carbocycles. The van der Waals surface area contributed by atoms with Crippen molar-refractivity contribution in [3.05, 3.63) is 78.1 Å². The first kappa shape index (κ1) is 14.9. The number of hydrogen-bond acceptors (Lipinski definition) is 3. The maximum atomic E-state index is 12.6. The predicted molar refractivity (Wildman–Crippen MR) is 105 cm³/mol. The van der Waals surface area contributed by atoms with Gasteiger partial charge < -0.3 is 10.3 Å². The van der Waals surface area contributed by atoms with E-state index >= 15 is 0 Å². The molecule has 0 aliphatic rings. The van der Waals surface area contributed by atoms with Crippen molar-refractivity contribution in [2.24, 2.45) is 0 Å². The minimum absolute atomic E-state index is 0.163. The van der Waals surface area contributed by atoms with Crippen LogP contribution in [0.15, 0.2) is 72.4 Å². The summed E-state index contributed by atoms with van der Waals surface area (Å²) in [7, 11) is 0. The van der Waals surface area contributed by atoms with E-state index < -0.39 is 0 Å². The lowest BCUT2D eigenvalue weighted by Gasteiger charge is -2.05. The molecule has 5 aromatic rings. The van der Waals surface area contributed by atoms with Gasteiger partial charge in [0.2, 0.25) is 0 Å². The molecular formula is C20H14N4OS. The number of aromatic amines is 1. The molecule has 0 unspecified atom stereocenters. The summed E-state index contributed by atoms with van der Waals surface area (Å²) in [6.07, 6.45) is 3.97. The van der Waals surface area contributed by atoms with Gasteiger partial charge in [-0.05, 0) is 24.3 Å². The molecule has 3 aromatic heterocycles. The Morgan fingerprint density at radius 3 is 2.92 bits per heavy atom. The number of carbonyl (C=O) groups excluding carboxylic acids is 1. The topological polar surface area (TPSA) is 62.2 Å². The van der Waals surface area contributed by atoms with Crippen LogP contribution in [0.3, 0.4) is 0 Å². The van der Waals surface area contributed by atoms with Crippen LogP contribution in [0.2, 0.25) is 0 Å². The second-order valence-electron chi connectivity index (χ2n) is 6.02. The fourth-order valence-electron chi connectivity index (χ4n) is 3.02. The fraction of sp³-hybridized carbons (Fsp3) is 0. The lowest BCUT2D eigenvalue weighted by atomic mass is 10.1. The maximum Gasteiger partial charge on any atom is 0.272 e. The predicted octanol–water partition coefficient (Wildman–Crippen LogP) is 4.80. The molecule has 26 heavy (non-hydrogen) atoms. The Kier molecular flexibility index (Phi) is 3.36. The molecular weight excluding hydrogens is 344 g/mol. The van der Waals surface area contributed by atoms with E-state index in [2.05, 4.69) is 15.3 Å². The van der Waals surface area contributed by atoms with Gasteiger partial charge in [0.25, 0.3) is 5.91 Å². The number of fused-ring (bicyclic) bond motifs is 2. The third kappa shape index (κ3) is 2.57. The number of hydrogen-bond donors (Lipinski definition) is 2. The zero-order chi connectivity index (χ0) is 17.5. The molecule has 2 N–H and O–H groups in total. The van der Waals surface area contributed by atoms with E-state index in [1.807, 2.05) is 76.8 Å². The molecule has 2 aromatic carbocycles. The molecule has 3 heterocycles. The van der Waals surface area contributed by atoms with E-state index in [1.165, 1.54) is 0 Å². The highest BCUT2D eigenvalue weighted by Crippen LogP contribution is 2.24. The summed E-state index contributed by atoms with van der Waals surface area (Å²) in [4.78, 5) is 21.3. The van der Waals surface area contributed by atoms with Crippen LogP contribution in [0.25, 0.3) is 27.1 Å². The van der Waals surface area contributed by atoms with Crippen molar-refractivity contribution in [1.82, 2.24) is 14.4 Å². The highest BCUT2D eigenvalue weighted by molar-refractivity contribution is 7.15. The first-order chi connectivity index (χ1) is 12.8. The standard InChI is InChI=1S/C20H14N4OS/c25-19(17-11-14-4-1-2-7-16(14)22-17)21-15-6-3-5-13(10-15)18-12-24-8-9-26-20(24)23-18/h1-12,22H,(H,21,25). The summed E-state index contributed by atoms with van der Waals surface area (Å²) >= 11 is 1.59. The summed E-state index contributed by atoms with van der Waals surface area (Å²) in [5.41, 5.74) is 4.08. The Morgan fingerprint density at radius 1 is 1.12 bits per heavy atom. The highest BCUT2D eigenvalue weighted by atomic mass is 32.1. The maximum absolute atomic E-state index is 12.6. The van der Waals surface area contributed by atoms with E-state index in [0.29, 0.717) is 5.69 Å². The Morgan fingerprint density at radius 2 is 2.04 bits per heavy atom. The largest absolute Gasteiger partial charge is 0.351 e. The van der Waals surface area contributed by atoms with Gasteiger partial charge in [0.15, 0.2) is 4.96 Å². The van der Waals surface area contributed by atoms with Gasteiger partial charge in [-0.1, -0.05) is 30.3 Å². The number of benzene rings is 2. The minimum atomic E-state index is -0.163. The van der Waals surface area contributed by atoms with E-state index in [0.717, 1.165) is 32.8 Å². The van der Waals surface area contributed by atoms with Gasteiger partial charge in [0.1, 0.15) is 5.69 Å².